The van der Waals surface area contributed by atoms with Crippen LogP contribution >= 0.6 is 11.8 Å². The molecule has 1 aromatic carbocycles. The standard InChI is InChI=1S/C13H17F2NS/c1-2-4-16-12-3-5-17-8-9-6-10(14)7-11(15)13(9)12/h6-7,12,16H,2-5,8H2,1H3. The first-order valence-electron chi connectivity index (χ1n) is 6.01. The predicted octanol–water partition coefficient (Wildman–Crippen LogP) is 3.64. The van der Waals surface area contributed by atoms with Crippen LogP contribution in [0.15, 0.2) is 12.1 Å². The average molecular weight is 257 g/mol. The second-order valence-electron chi connectivity index (χ2n) is 4.31. The molecule has 0 bridgehead atoms. The third-order valence-corrected chi connectivity index (χ3v) is 4.02. The second-order valence-corrected chi connectivity index (χ2v) is 5.41. The number of hydrogen-bond donors (Lipinski definition) is 1. The van der Waals surface area contributed by atoms with E-state index < -0.39 is 11.6 Å². The maximum absolute atomic E-state index is 13.9. The Balaban J connectivity index is 2.33. The normalized spacial score (nSPS) is 19.8. The van der Waals surface area contributed by atoms with E-state index in [0.29, 0.717) is 11.3 Å². The summed E-state index contributed by atoms with van der Waals surface area (Å²) in [4.78, 5) is 0. The minimum atomic E-state index is -0.474. The first kappa shape index (κ1) is 12.8. The van der Waals surface area contributed by atoms with Crippen LogP contribution in [0, 0.1) is 11.6 Å². The first-order chi connectivity index (χ1) is 8.22. The lowest BCUT2D eigenvalue weighted by atomic mass is 9.98. The van der Waals surface area contributed by atoms with Crippen LogP contribution in [0.4, 0.5) is 8.78 Å². The number of fused-ring (bicyclic) bond motifs is 1. The van der Waals surface area contributed by atoms with E-state index >= 15 is 0 Å². The Labute approximate surface area is 105 Å². The number of benzene rings is 1. The molecule has 1 unspecified atom stereocenters. The summed E-state index contributed by atoms with van der Waals surface area (Å²) in [7, 11) is 0. The van der Waals surface area contributed by atoms with Crippen LogP contribution in [0.5, 0.6) is 0 Å². The van der Waals surface area contributed by atoms with Crippen molar-refractivity contribution >= 4 is 11.8 Å². The van der Waals surface area contributed by atoms with Crippen LogP contribution in [0.25, 0.3) is 0 Å². The fourth-order valence-electron chi connectivity index (χ4n) is 2.20. The van der Waals surface area contributed by atoms with Crippen molar-refractivity contribution in [1.82, 2.24) is 5.32 Å². The molecule has 4 heteroatoms. The van der Waals surface area contributed by atoms with Gasteiger partial charge in [0.05, 0.1) is 0 Å². The highest BCUT2D eigenvalue weighted by Gasteiger charge is 2.22. The monoisotopic (exact) mass is 257 g/mol. The molecule has 1 aliphatic heterocycles. The van der Waals surface area contributed by atoms with Crippen molar-refractivity contribution < 1.29 is 8.78 Å². The van der Waals surface area contributed by atoms with Gasteiger partial charge in [0.25, 0.3) is 0 Å². The summed E-state index contributed by atoms with van der Waals surface area (Å²) in [5.41, 5.74) is 1.48. The van der Waals surface area contributed by atoms with Crippen LogP contribution in [-0.4, -0.2) is 12.3 Å². The molecule has 2 rings (SSSR count). The zero-order valence-electron chi connectivity index (χ0n) is 9.93. The Morgan fingerprint density at radius 2 is 2.24 bits per heavy atom. The van der Waals surface area contributed by atoms with Gasteiger partial charge >= 0.3 is 0 Å². The van der Waals surface area contributed by atoms with E-state index in [9.17, 15) is 8.78 Å². The Hall–Kier alpha value is -0.610. The Kier molecular flexibility index (Phi) is 4.40. The van der Waals surface area contributed by atoms with Gasteiger partial charge in [-0.05, 0) is 36.8 Å². The maximum atomic E-state index is 13.9. The van der Waals surface area contributed by atoms with Gasteiger partial charge in [-0.3, -0.25) is 0 Å². The number of rotatable bonds is 3. The largest absolute Gasteiger partial charge is 0.310 e. The summed E-state index contributed by atoms with van der Waals surface area (Å²) in [6.45, 7) is 2.95. The molecule has 1 aromatic rings. The van der Waals surface area contributed by atoms with Crippen molar-refractivity contribution in [2.24, 2.45) is 0 Å². The molecule has 0 spiro atoms. The van der Waals surface area contributed by atoms with E-state index in [1.807, 2.05) is 0 Å². The van der Waals surface area contributed by atoms with Crippen LogP contribution in [0.3, 0.4) is 0 Å². The Morgan fingerprint density at radius 1 is 1.41 bits per heavy atom. The van der Waals surface area contributed by atoms with Gasteiger partial charge in [0.2, 0.25) is 0 Å². The van der Waals surface area contributed by atoms with Crippen molar-refractivity contribution in [3.05, 3.63) is 34.9 Å². The second kappa shape index (κ2) is 5.83. The van der Waals surface area contributed by atoms with E-state index in [2.05, 4.69) is 12.2 Å². The quantitative estimate of drug-likeness (QED) is 0.887. The maximum Gasteiger partial charge on any atom is 0.131 e. The zero-order chi connectivity index (χ0) is 12.3. The van der Waals surface area contributed by atoms with Crippen molar-refractivity contribution in [1.29, 1.82) is 0 Å². The molecule has 0 aromatic heterocycles. The molecule has 1 aliphatic rings. The molecule has 0 aliphatic carbocycles. The topological polar surface area (TPSA) is 12.0 Å². The molecule has 0 radical (unpaired) electrons. The van der Waals surface area contributed by atoms with E-state index in [1.54, 1.807) is 11.8 Å². The Bertz CT molecular complexity index is 395. The van der Waals surface area contributed by atoms with Crippen LogP contribution < -0.4 is 5.32 Å². The van der Waals surface area contributed by atoms with Crippen LogP contribution in [0.2, 0.25) is 0 Å². The SMILES string of the molecule is CCCNC1CCSCc2cc(F)cc(F)c21. The van der Waals surface area contributed by atoms with Crippen LogP contribution in [0.1, 0.15) is 36.9 Å². The van der Waals surface area contributed by atoms with Gasteiger partial charge in [-0.15, -0.1) is 0 Å². The summed E-state index contributed by atoms with van der Waals surface area (Å²) >= 11 is 1.74. The van der Waals surface area contributed by atoms with Crippen molar-refractivity contribution in [2.45, 2.75) is 31.6 Å². The van der Waals surface area contributed by atoms with Gasteiger partial charge in [0, 0.05) is 23.4 Å². The summed E-state index contributed by atoms with van der Waals surface area (Å²) in [5.74, 6) is 0.805. The fourth-order valence-corrected chi connectivity index (χ4v) is 3.20. The molecular weight excluding hydrogens is 240 g/mol. The summed E-state index contributed by atoms with van der Waals surface area (Å²) in [6.07, 6.45) is 1.92. The first-order valence-corrected chi connectivity index (χ1v) is 7.16. The highest BCUT2D eigenvalue weighted by atomic mass is 32.2. The molecule has 17 heavy (non-hydrogen) atoms. The molecule has 0 fully saturated rings. The van der Waals surface area contributed by atoms with Crippen molar-refractivity contribution in [3.63, 3.8) is 0 Å². The van der Waals surface area contributed by atoms with Crippen LogP contribution in [-0.2, 0) is 5.75 Å². The van der Waals surface area contributed by atoms with E-state index in [-0.39, 0.29) is 6.04 Å². The fraction of sp³-hybridized carbons (Fsp3) is 0.538. The Morgan fingerprint density at radius 3 is 3.00 bits per heavy atom. The molecule has 1 heterocycles. The molecule has 1 atom stereocenters. The van der Waals surface area contributed by atoms with E-state index in [4.69, 9.17) is 0 Å². The van der Waals surface area contributed by atoms with E-state index in [0.717, 1.165) is 36.8 Å². The highest BCUT2D eigenvalue weighted by molar-refractivity contribution is 7.98. The minimum Gasteiger partial charge on any atom is -0.310 e. The van der Waals surface area contributed by atoms with Crippen molar-refractivity contribution in [2.75, 3.05) is 12.3 Å². The van der Waals surface area contributed by atoms with Gasteiger partial charge in [0.1, 0.15) is 11.6 Å². The molecular formula is C13H17F2NS. The number of thioether (sulfide) groups is 1. The molecule has 0 saturated carbocycles. The smallest absolute Gasteiger partial charge is 0.131 e. The average Bonchev–Trinajstić information content (AvgIpc) is 2.48. The lowest BCUT2D eigenvalue weighted by Gasteiger charge is -2.19. The number of hydrogen-bond acceptors (Lipinski definition) is 2. The summed E-state index contributed by atoms with van der Waals surface area (Å²) in [6, 6.07) is 2.49. The molecule has 0 amide bonds. The molecule has 1 nitrogen and oxygen atoms in total. The predicted molar refractivity (Wildman–Crippen MR) is 68.2 cm³/mol. The lowest BCUT2D eigenvalue weighted by Crippen LogP contribution is -2.24. The van der Waals surface area contributed by atoms with Gasteiger partial charge < -0.3 is 5.32 Å². The summed E-state index contributed by atoms with van der Waals surface area (Å²) in [5, 5.41) is 3.35. The highest BCUT2D eigenvalue weighted by Crippen LogP contribution is 2.33. The van der Waals surface area contributed by atoms with Gasteiger partial charge in [-0.25, -0.2) is 8.78 Å². The van der Waals surface area contributed by atoms with E-state index in [1.165, 1.54) is 6.07 Å². The van der Waals surface area contributed by atoms with Gasteiger partial charge in [-0.1, -0.05) is 6.92 Å². The number of nitrogens with one attached hydrogen (secondary N) is 1. The third-order valence-electron chi connectivity index (χ3n) is 2.98. The van der Waals surface area contributed by atoms with Gasteiger partial charge in [-0.2, -0.15) is 11.8 Å². The third kappa shape index (κ3) is 2.99. The van der Waals surface area contributed by atoms with Gasteiger partial charge in [0.15, 0.2) is 0 Å². The lowest BCUT2D eigenvalue weighted by molar-refractivity contribution is 0.484. The zero-order valence-corrected chi connectivity index (χ0v) is 10.7. The molecule has 0 saturated heterocycles. The minimum absolute atomic E-state index is 0.0283. The molecule has 94 valence electrons. The number of halogens is 2. The molecule has 1 N–H and O–H groups in total. The van der Waals surface area contributed by atoms with Crippen molar-refractivity contribution in [3.8, 4) is 0 Å². The summed E-state index contributed by atoms with van der Waals surface area (Å²) < 4.78 is 27.1.